The van der Waals surface area contributed by atoms with Gasteiger partial charge in [-0.15, -0.1) is 0 Å². The predicted octanol–water partition coefficient (Wildman–Crippen LogP) is 6.12. The van der Waals surface area contributed by atoms with Crippen LogP contribution in [0.3, 0.4) is 0 Å². The maximum absolute atomic E-state index is 12.1. The number of hydrogen-bond acceptors (Lipinski definition) is 5. The first-order valence-electron chi connectivity index (χ1n) is 11.3. The summed E-state index contributed by atoms with van der Waals surface area (Å²) in [5.74, 6) is 0. The number of carbonyl (C=O) groups is 1. The van der Waals surface area contributed by atoms with Crippen molar-refractivity contribution in [2.45, 2.75) is 12.8 Å². The molecule has 0 amide bonds. The lowest BCUT2D eigenvalue weighted by molar-refractivity contribution is 0.0569. The van der Waals surface area contributed by atoms with Crippen LogP contribution in [0.4, 0.5) is 16.2 Å². The van der Waals surface area contributed by atoms with Crippen LogP contribution in [0.1, 0.15) is 11.1 Å². The topological polar surface area (TPSA) is 87.6 Å². The van der Waals surface area contributed by atoms with Crippen molar-refractivity contribution in [3.63, 3.8) is 0 Å². The molecule has 0 heterocycles. The summed E-state index contributed by atoms with van der Waals surface area (Å²) in [6, 6.07) is 31.6. The van der Waals surface area contributed by atoms with Crippen molar-refractivity contribution in [1.82, 2.24) is 0 Å². The van der Waals surface area contributed by atoms with E-state index in [4.69, 9.17) is 20.9 Å². The van der Waals surface area contributed by atoms with E-state index in [1.807, 2.05) is 97.1 Å². The van der Waals surface area contributed by atoms with E-state index in [0.29, 0.717) is 24.2 Å². The van der Waals surface area contributed by atoms with Gasteiger partial charge in [0.25, 0.3) is 0 Å². The Hall–Kier alpha value is -4.25. The molecule has 0 saturated heterocycles. The highest BCUT2D eigenvalue weighted by Crippen LogP contribution is 2.27. The zero-order valence-corrected chi connectivity index (χ0v) is 18.9. The van der Waals surface area contributed by atoms with Crippen LogP contribution in [-0.2, 0) is 22.3 Å². The van der Waals surface area contributed by atoms with Crippen molar-refractivity contribution < 1.29 is 14.3 Å². The summed E-state index contributed by atoms with van der Waals surface area (Å²) in [4.78, 5) is 12.1. The molecule has 0 spiro atoms. The normalized spacial score (nSPS) is 10.6. The molecule has 0 fully saturated rings. The third-order valence-electron chi connectivity index (χ3n) is 5.61. The molecule has 4 aromatic carbocycles. The number of carbonyl (C=O) groups excluding carboxylic acids is 1. The second kappa shape index (κ2) is 11.1. The Balaban J connectivity index is 1.29. The molecule has 0 radical (unpaired) electrons. The number of nitrogens with two attached hydrogens (primary N) is 2. The zero-order valence-electron chi connectivity index (χ0n) is 18.9. The predicted molar refractivity (Wildman–Crippen MR) is 137 cm³/mol. The van der Waals surface area contributed by atoms with E-state index < -0.39 is 6.16 Å². The smallest absolute Gasteiger partial charge is 0.434 e. The van der Waals surface area contributed by atoms with Crippen molar-refractivity contribution in [1.29, 1.82) is 0 Å². The summed E-state index contributed by atoms with van der Waals surface area (Å²) in [6.45, 7) is 0.468. The molecule has 0 aliphatic heterocycles. The molecular formula is C29H28N2O3. The van der Waals surface area contributed by atoms with Gasteiger partial charge in [0.05, 0.1) is 13.2 Å². The van der Waals surface area contributed by atoms with E-state index in [1.165, 1.54) is 0 Å². The van der Waals surface area contributed by atoms with E-state index in [-0.39, 0.29) is 13.2 Å². The van der Waals surface area contributed by atoms with E-state index in [2.05, 4.69) is 0 Å². The van der Waals surface area contributed by atoms with Gasteiger partial charge in [-0.25, -0.2) is 4.79 Å². The van der Waals surface area contributed by atoms with Crippen LogP contribution in [-0.4, -0.2) is 19.4 Å². The molecule has 4 N–H and O–H groups in total. The minimum atomic E-state index is -0.664. The van der Waals surface area contributed by atoms with Gasteiger partial charge in [-0.2, -0.15) is 0 Å². The highest BCUT2D eigenvalue weighted by molar-refractivity contribution is 5.71. The number of ether oxygens (including phenoxy) is 2. The lowest BCUT2D eigenvalue weighted by Crippen LogP contribution is -2.12. The van der Waals surface area contributed by atoms with E-state index in [9.17, 15) is 4.79 Å². The molecule has 4 rings (SSSR count). The molecule has 0 unspecified atom stereocenters. The molecule has 0 saturated carbocycles. The maximum atomic E-state index is 12.1. The molecule has 4 aromatic rings. The van der Waals surface area contributed by atoms with Gasteiger partial charge in [-0.1, -0.05) is 72.8 Å². The molecular weight excluding hydrogens is 424 g/mol. The SMILES string of the molecule is Nc1cccc(-c2ccccc2CCOC(=O)OCCc2ccccc2-c2cccc(N)c2)c1. The Morgan fingerprint density at radius 2 is 1.03 bits per heavy atom. The molecule has 0 aliphatic rings. The van der Waals surface area contributed by atoms with Gasteiger partial charge < -0.3 is 20.9 Å². The highest BCUT2D eigenvalue weighted by Gasteiger charge is 2.10. The van der Waals surface area contributed by atoms with Gasteiger partial charge in [0.2, 0.25) is 0 Å². The number of anilines is 2. The van der Waals surface area contributed by atoms with Crippen molar-refractivity contribution in [2.24, 2.45) is 0 Å². The first kappa shape index (κ1) is 22.9. The molecule has 34 heavy (non-hydrogen) atoms. The van der Waals surface area contributed by atoms with Crippen LogP contribution in [0.15, 0.2) is 97.1 Å². The molecule has 5 nitrogen and oxygen atoms in total. The van der Waals surface area contributed by atoms with Gasteiger partial charge in [-0.05, 0) is 57.6 Å². The second-order valence-corrected chi connectivity index (χ2v) is 8.01. The van der Waals surface area contributed by atoms with Crippen LogP contribution >= 0.6 is 0 Å². The lowest BCUT2D eigenvalue weighted by Gasteiger charge is -2.12. The maximum Gasteiger partial charge on any atom is 0.508 e. The molecule has 0 aromatic heterocycles. The third kappa shape index (κ3) is 5.95. The second-order valence-electron chi connectivity index (χ2n) is 8.01. The van der Waals surface area contributed by atoms with Gasteiger partial charge in [0, 0.05) is 24.2 Å². The lowest BCUT2D eigenvalue weighted by atomic mass is 9.97. The third-order valence-corrected chi connectivity index (χ3v) is 5.61. The molecule has 0 aliphatic carbocycles. The number of hydrogen-bond donors (Lipinski definition) is 2. The van der Waals surface area contributed by atoms with Crippen molar-refractivity contribution in [3.8, 4) is 22.3 Å². The van der Waals surface area contributed by atoms with Gasteiger partial charge in [0.15, 0.2) is 0 Å². The molecule has 0 atom stereocenters. The largest absolute Gasteiger partial charge is 0.508 e. The van der Waals surface area contributed by atoms with Crippen LogP contribution < -0.4 is 11.5 Å². The minimum absolute atomic E-state index is 0.234. The van der Waals surface area contributed by atoms with E-state index >= 15 is 0 Å². The number of benzene rings is 4. The van der Waals surface area contributed by atoms with Crippen molar-refractivity contribution >= 4 is 17.5 Å². The van der Waals surface area contributed by atoms with Gasteiger partial charge >= 0.3 is 6.16 Å². The first-order valence-corrected chi connectivity index (χ1v) is 11.3. The summed E-state index contributed by atoms with van der Waals surface area (Å²) in [5.41, 5.74) is 19.7. The minimum Gasteiger partial charge on any atom is -0.434 e. The number of nitrogen functional groups attached to an aromatic ring is 2. The van der Waals surface area contributed by atoms with E-state index in [1.54, 1.807) is 0 Å². The van der Waals surface area contributed by atoms with Crippen LogP contribution in [0.25, 0.3) is 22.3 Å². The Labute approximate surface area is 199 Å². The van der Waals surface area contributed by atoms with Crippen LogP contribution in [0.2, 0.25) is 0 Å². The Bertz CT molecular complexity index is 1170. The Kier molecular flexibility index (Phi) is 7.45. The average molecular weight is 453 g/mol. The fourth-order valence-corrected chi connectivity index (χ4v) is 3.98. The van der Waals surface area contributed by atoms with Gasteiger partial charge in [-0.3, -0.25) is 0 Å². The Morgan fingerprint density at radius 1 is 0.588 bits per heavy atom. The highest BCUT2D eigenvalue weighted by atomic mass is 16.7. The van der Waals surface area contributed by atoms with Gasteiger partial charge in [0.1, 0.15) is 0 Å². The molecule has 172 valence electrons. The van der Waals surface area contributed by atoms with Crippen molar-refractivity contribution in [2.75, 3.05) is 24.7 Å². The number of rotatable bonds is 8. The molecule has 5 heteroatoms. The fraction of sp³-hybridized carbons (Fsp3) is 0.138. The summed E-state index contributed by atoms with van der Waals surface area (Å²) in [7, 11) is 0. The monoisotopic (exact) mass is 452 g/mol. The summed E-state index contributed by atoms with van der Waals surface area (Å²) < 4.78 is 10.7. The summed E-state index contributed by atoms with van der Waals surface area (Å²) in [6.07, 6.45) is 0.499. The zero-order chi connectivity index (χ0) is 23.8. The first-order chi connectivity index (χ1) is 16.6. The quantitative estimate of drug-likeness (QED) is 0.248. The van der Waals surface area contributed by atoms with E-state index in [0.717, 1.165) is 33.4 Å². The van der Waals surface area contributed by atoms with Crippen LogP contribution in [0.5, 0.6) is 0 Å². The van der Waals surface area contributed by atoms with Crippen LogP contribution in [0, 0.1) is 0 Å². The fourth-order valence-electron chi connectivity index (χ4n) is 3.98. The summed E-state index contributed by atoms with van der Waals surface area (Å²) >= 11 is 0. The average Bonchev–Trinajstić information content (AvgIpc) is 2.85. The Morgan fingerprint density at radius 3 is 1.47 bits per heavy atom. The standard InChI is InChI=1S/C29H28N2O3/c30-25-11-5-9-23(19-25)27-13-3-1-7-21(27)15-17-33-29(32)34-18-16-22-8-2-4-14-28(22)24-10-6-12-26(31)20-24/h1-14,19-20H,15-18,30-31H2. The summed E-state index contributed by atoms with van der Waals surface area (Å²) in [5, 5.41) is 0. The molecule has 0 bridgehead atoms. The van der Waals surface area contributed by atoms with Crippen molar-refractivity contribution in [3.05, 3.63) is 108 Å².